The highest BCUT2D eigenvalue weighted by atomic mass is 32.2. The zero-order valence-corrected chi connectivity index (χ0v) is 14.0. The van der Waals surface area contributed by atoms with Gasteiger partial charge in [-0.25, -0.2) is 13.1 Å². The van der Waals surface area contributed by atoms with Crippen molar-refractivity contribution in [2.45, 2.75) is 43.5 Å². The van der Waals surface area contributed by atoms with E-state index in [1.54, 1.807) is 19.1 Å². The number of carboxylic acids is 1. The van der Waals surface area contributed by atoms with E-state index in [9.17, 15) is 18.0 Å². The average Bonchev–Trinajstić information content (AvgIpc) is 2.51. The second kappa shape index (κ2) is 8.64. The van der Waals surface area contributed by atoms with E-state index in [1.165, 1.54) is 19.2 Å². The average molecular weight is 342 g/mol. The van der Waals surface area contributed by atoms with Gasteiger partial charge in [0.1, 0.15) is 0 Å². The molecule has 0 heterocycles. The summed E-state index contributed by atoms with van der Waals surface area (Å²) < 4.78 is 25.5. The molecule has 8 heteroatoms. The van der Waals surface area contributed by atoms with Crippen LogP contribution in [-0.4, -0.2) is 32.4 Å². The van der Waals surface area contributed by atoms with E-state index in [0.717, 1.165) is 5.56 Å². The fourth-order valence-corrected chi connectivity index (χ4v) is 2.74. The van der Waals surface area contributed by atoms with Gasteiger partial charge in [0.25, 0.3) is 0 Å². The second-order valence-electron chi connectivity index (χ2n) is 5.17. The number of rotatable bonds is 9. The monoisotopic (exact) mass is 342 g/mol. The molecule has 128 valence electrons. The van der Waals surface area contributed by atoms with E-state index in [1.807, 2.05) is 0 Å². The van der Waals surface area contributed by atoms with Crippen molar-refractivity contribution < 1.29 is 23.1 Å². The highest BCUT2D eigenvalue weighted by Gasteiger charge is 2.13. The van der Waals surface area contributed by atoms with Crippen molar-refractivity contribution in [3.05, 3.63) is 29.8 Å². The summed E-state index contributed by atoms with van der Waals surface area (Å²) in [5, 5.41) is 11.3. The minimum Gasteiger partial charge on any atom is -0.481 e. The number of amides is 1. The number of aliphatic carboxylic acids is 1. The maximum Gasteiger partial charge on any atom is 0.303 e. The van der Waals surface area contributed by atoms with Gasteiger partial charge in [-0.15, -0.1) is 0 Å². The fourth-order valence-electron chi connectivity index (χ4n) is 2.01. The third-order valence-corrected chi connectivity index (χ3v) is 4.81. The Hall–Kier alpha value is -1.93. The van der Waals surface area contributed by atoms with Gasteiger partial charge in [0.2, 0.25) is 15.9 Å². The molecule has 0 bridgehead atoms. The molecule has 1 amide bonds. The Bertz CT molecular complexity index is 640. The molecule has 1 rings (SSSR count). The predicted octanol–water partition coefficient (Wildman–Crippen LogP) is 1.42. The van der Waals surface area contributed by atoms with Crippen molar-refractivity contribution >= 4 is 21.9 Å². The van der Waals surface area contributed by atoms with Crippen LogP contribution in [0.25, 0.3) is 0 Å². The van der Waals surface area contributed by atoms with Gasteiger partial charge in [0.15, 0.2) is 0 Å². The zero-order valence-electron chi connectivity index (χ0n) is 13.2. The Morgan fingerprint density at radius 3 is 2.22 bits per heavy atom. The molecule has 1 aromatic rings. The standard InChI is InChI=1S/C15H22N2O5S/c1-11(17-14(18)5-3-4-6-15(19)20)12-7-9-13(10-8-12)23(21,22)16-2/h7-11,16H,3-6H2,1-2H3,(H,17,18)(H,19,20). The predicted molar refractivity (Wildman–Crippen MR) is 85.3 cm³/mol. The molecule has 0 spiro atoms. The number of carboxylic acid groups (broad SMARTS) is 1. The van der Waals surface area contributed by atoms with Gasteiger partial charge in [-0.05, 0) is 44.5 Å². The van der Waals surface area contributed by atoms with Gasteiger partial charge in [0.05, 0.1) is 10.9 Å². The second-order valence-corrected chi connectivity index (χ2v) is 7.05. The van der Waals surface area contributed by atoms with Gasteiger partial charge in [-0.2, -0.15) is 0 Å². The molecular formula is C15H22N2O5S. The molecular weight excluding hydrogens is 320 g/mol. The highest BCUT2D eigenvalue weighted by Crippen LogP contribution is 2.16. The SMILES string of the molecule is CNS(=O)(=O)c1ccc(C(C)NC(=O)CCCCC(=O)O)cc1. The summed E-state index contributed by atoms with van der Waals surface area (Å²) in [6, 6.07) is 6.01. The number of unbranched alkanes of at least 4 members (excludes halogenated alkanes) is 1. The van der Waals surface area contributed by atoms with Crippen molar-refractivity contribution in [3.63, 3.8) is 0 Å². The Morgan fingerprint density at radius 2 is 1.70 bits per heavy atom. The summed E-state index contributed by atoms with van der Waals surface area (Å²) in [5.41, 5.74) is 0.791. The van der Waals surface area contributed by atoms with Crippen LogP contribution in [0, 0.1) is 0 Å². The minimum atomic E-state index is -3.47. The largest absolute Gasteiger partial charge is 0.481 e. The van der Waals surface area contributed by atoms with Crippen LogP contribution in [0.15, 0.2) is 29.2 Å². The lowest BCUT2D eigenvalue weighted by Gasteiger charge is -2.15. The maximum absolute atomic E-state index is 11.8. The van der Waals surface area contributed by atoms with Gasteiger partial charge in [0, 0.05) is 12.8 Å². The summed E-state index contributed by atoms with van der Waals surface area (Å²) >= 11 is 0. The zero-order chi connectivity index (χ0) is 17.5. The van der Waals surface area contributed by atoms with Gasteiger partial charge >= 0.3 is 5.97 Å². The Morgan fingerprint density at radius 1 is 1.13 bits per heavy atom. The van der Waals surface area contributed by atoms with E-state index in [2.05, 4.69) is 10.0 Å². The third kappa shape index (κ3) is 6.37. The first kappa shape index (κ1) is 19.1. The summed E-state index contributed by atoms with van der Waals surface area (Å²) in [5.74, 6) is -1.02. The van der Waals surface area contributed by atoms with Crippen LogP contribution in [0.4, 0.5) is 0 Å². The first-order chi connectivity index (χ1) is 10.8. The molecule has 7 nitrogen and oxygen atoms in total. The summed E-state index contributed by atoms with van der Waals surface area (Å²) in [6.07, 6.45) is 1.31. The van der Waals surface area contributed by atoms with Crippen LogP contribution in [-0.2, 0) is 19.6 Å². The first-order valence-electron chi connectivity index (χ1n) is 7.31. The quantitative estimate of drug-likeness (QED) is 0.588. The van der Waals surface area contributed by atoms with E-state index in [0.29, 0.717) is 12.8 Å². The van der Waals surface area contributed by atoms with E-state index in [4.69, 9.17) is 5.11 Å². The topological polar surface area (TPSA) is 113 Å². The molecule has 0 fully saturated rings. The van der Waals surface area contributed by atoms with Gasteiger partial charge < -0.3 is 10.4 Å². The Labute approximate surface area is 136 Å². The van der Waals surface area contributed by atoms with E-state index in [-0.39, 0.29) is 29.7 Å². The van der Waals surface area contributed by atoms with Crippen LogP contribution >= 0.6 is 0 Å². The van der Waals surface area contributed by atoms with Crippen molar-refractivity contribution in [3.8, 4) is 0 Å². The lowest BCUT2D eigenvalue weighted by atomic mass is 10.1. The summed E-state index contributed by atoms with van der Waals surface area (Å²) in [7, 11) is -2.13. The molecule has 3 N–H and O–H groups in total. The number of hydrogen-bond acceptors (Lipinski definition) is 4. The van der Waals surface area contributed by atoms with Gasteiger partial charge in [-0.3, -0.25) is 9.59 Å². The van der Waals surface area contributed by atoms with Crippen molar-refractivity contribution in [2.75, 3.05) is 7.05 Å². The van der Waals surface area contributed by atoms with Crippen molar-refractivity contribution in [2.24, 2.45) is 0 Å². The molecule has 0 aromatic heterocycles. The molecule has 1 aromatic carbocycles. The van der Waals surface area contributed by atoms with Crippen LogP contribution < -0.4 is 10.0 Å². The van der Waals surface area contributed by atoms with E-state index < -0.39 is 16.0 Å². The Kier molecular flexibility index (Phi) is 7.18. The van der Waals surface area contributed by atoms with Crippen molar-refractivity contribution in [1.29, 1.82) is 0 Å². The number of carbonyl (C=O) groups is 2. The van der Waals surface area contributed by atoms with Crippen molar-refractivity contribution in [1.82, 2.24) is 10.0 Å². The molecule has 0 aliphatic heterocycles. The van der Waals surface area contributed by atoms with E-state index >= 15 is 0 Å². The number of sulfonamides is 1. The molecule has 0 aliphatic rings. The molecule has 1 atom stereocenters. The van der Waals surface area contributed by atoms with Crippen LogP contribution in [0.2, 0.25) is 0 Å². The Balaban J connectivity index is 2.53. The minimum absolute atomic E-state index is 0.0598. The maximum atomic E-state index is 11.8. The molecule has 1 unspecified atom stereocenters. The summed E-state index contributed by atoms with van der Waals surface area (Å²) in [4.78, 5) is 22.3. The molecule has 0 aliphatic carbocycles. The highest BCUT2D eigenvalue weighted by molar-refractivity contribution is 7.89. The fraction of sp³-hybridized carbons (Fsp3) is 0.467. The number of nitrogens with one attached hydrogen (secondary N) is 2. The smallest absolute Gasteiger partial charge is 0.303 e. The molecule has 0 saturated heterocycles. The normalized spacial score (nSPS) is 12.6. The number of benzene rings is 1. The first-order valence-corrected chi connectivity index (χ1v) is 8.79. The third-order valence-electron chi connectivity index (χ3n) is 3.38. The molecule has 0 radical (unpaired) electrons. The number of carbonyl (C=O) groups excluding carboxylic acids is 1. The number of hydrogen-bond donors (Lipinski definition) is 3. The van der Waals surface area contributed by atoms with Crippen LogP contribution in [0.1, 0.15) is 44.2 Å². The summed E-state index contributed by atoms with van der Waals surface area (Å²) in [6.45, 7) is 1.80. The van der Waals surface area contributed by atoms with Crippen LogP contribution in [0.3, 0.4) is 0 Å². The molecule has 23 heavy (non-hydrogen) atoms. The molecule has 0 saturated carbocycles. The van der Waals surface area contributed by atoms with Crippen LogP contribution in [0.5, 0.6) is 0 Å². The van der Waals surface area contributed by atoms with Gasteiger partial charge in [-0.1, -0.05) is 12.1 Å². The lowest BCUT2D eigenvalue weighted by molar-refractivity contribution is -0.137. The lowest BCUT2D eigenvalue weighted by Crippen LogP contribution is -2.26.